The third kappa shape index (κ3) is 4.83. The number of anilines is 1. The highest BCUT2D eigenvalue weighted by atomic mass is 16.5. The van der Waals surface area contributed by atoms with Crippen molar-refractivity contribution in [3.63, 3.8) is 0 Å². The third-order valence-electron chi connectivity index (χ3n) is 3.96. The molecule has 10 nitrogen and oxygen atoms in total. The van der Waals surface area contributed by atoms with E-state index >= 15 is 0 Å². The molecule has 0 bridgehead atoms. The Kier molecular flexibility index (Phi) is 6.45. The molecule has 0 radical (unpaired) electrons. The first-order valence-electron chi connectivity index (χ1n) is 9.49. The predicted octanol–water partition coefficient (Wildman–Crippen LogP) is 2.33. The fourth-order valence-corrected chi connectivity index (χ4v) is 2.77. The summed E-state index contributed by atoms with van der Waals surface area (Å²) >= 11 is 0. The SMILES string of the molecule is CCOc1ccc(NC(=O)COC(=O)c2nc3nc(C)cc(C)n3n2)cc1OCC. The second kappa shape index (κ2) is 9.21. The van der Waals surface area contributed by atoms with Gasteiger partial charge in [0.05, 0.1) is 13.2 Å². The number of ether oxygens (including phenoxy) is 3. The molecule has 1 N–H and O–H groups in total. The molecular weight excluding hydrogens is 390 g/mol. The van der Waals surface area contributed by atoms with E-state index in [4.69, 9.17) is 14.2 Å². The maximum absolute atomic E-state index is 12.2. The average molecular weight is 413 g/mol. The van der Waals surface area contributed by atoms with Gasteiger partial charge in [0.1, 0.15) is 0 Å². The topological polar surface area (TPSA) is 117 Å². The van der Waals surface area contributed by atoms with Crippen molar-refractivity contribution < 1.29 is 23.8 Å². The van der Waals surface area contributed by atoms with Crippen LogP contribution in [-0.4, -0.2) is 51.3 Å². The molecule has 3 rings (SSSR count). The van der Waals surface area contributed by atoms with Crippen LogP contribution < -0.4 is 14.8 Å². The Hall–Kier alpha value is -3.69. The second-order valence-corrected chi connectivity index (χ2v) is 6.34. The summed E-state index contributed by atoms with van der Waals surface area (Å²) in [5, 5.41) is 6.73. The van der Waals surface area contributed by atoms with Gasteiger partial charge < -0.3 is 19.5 Å². The summed E-state index contributed by atoms with van der Waals surface area (Å²) < 4.78 is 17.5. The van der Waals surface area contributed by atoms with Gasteiger partial charge in [0.25, 0.3) is 17.5 Å². The lowest BCUT2D eigenvalue weighted by molar-refractivity contribution is -0.119. The van der Waals surface area contributed by atoms with E-state index in [-0.39, 0.29) is 5.82 Å². The number of fused-ring (bicyclic) bond motifs is 1. The molecule has 0 spiro atoms. The van der Waals surface area contributed by atoms with E-state index in [1.807, 2.05) is 33.8 Å². The summed E-state index contributed by atoms with van der Waals surface area (Å²) in [6.07, 6.45) is 0. The monoisotopic (exact) mass is 413 g/mol. The summed E-state index contributed by atoms with van der Waals surface area (Å²) in [7, 11) is 0. The number of carbonyl (C=O) groups is 2. The van der Waals surface area contributed by atoms with Gasteiger partial charge in [0, 0.05) is 23.1 Å². The Labute approximate surface area is 173 Å². The Morgan fingerprint density at radius 3 is 2.50 bits per heavy atom. The predicted molar refractivity (Wildman–Crippen MR) is 108 cm³/mol. The van der Waals surface area contributed by atoms with Gasteiger partial charge in [-0.05, 0) is 45.9 Å². The Morgan fingerprint density at radius 1 is 1.03 bits per heavy atom. The highest BCUT2D eigenvalue weighted by molar-refractivity contribution is 5.94. The van der Waals surface area contributed by atoms with Gasteiger partial charge >= 0.3 is 5.97 Å². The quantitative estimate of drug-likeness (QED) is 0.559. The molecule has 30 heavy (non-hydrogen) atoms. The molecular formula is C20H23N5O5. The lowest BCUT2D eigenvalue weighted by atomic mass is 10.2. The van der Waals surface area contributed by atoms with Crippen molar-refractivity contribution in [2.24, 2.45) is 0 Å². The Morgan fingerprint density at radius 2 is 1.77 bits per heavy atom. The van der Waals surface area contributed by atoms with E-state index < -0.39 is 18.5 Å². The van der Waals surface area contributed by atoms with Crippen molar-refractivity contribution in [1.82, 2.24) is 19.6 Å². The van der Waals surface area contributed by atoms with Gasteiger partial charge in [0.15, 0.2) is 18.1 Å². The van der Waals surface area contributed by atoms with Crippen LogP contribution in [0.15, 0.2) is 24.3 Å². The van der Waals surface area contributed by atoms with Crippen molar-refractivity contribution in [3.8, 4) is 11.5 Å². The summed E-state index contributed by atoms with van der Waals surface area (Å²) in [6, 6.07) is 6.84. The molecule has 0 saturated heterocycles. The molecule has 3 aromatic rings. The minimum atomic E-state index is -0.811. The molecule has 2 aromatic heterocycles. The van der Waals surface area contributed by atoms with Crippen LogP contribution in [0.4, 0.5) is 5.69 Å². The van der Waals surface area contributed by atoms with Crippen LogP contribution in [-0.2, 0) is 9.53 Å². The van der Waals surface area contributed by atoms with Gasteiger partial charge in [-0.15, -0.1) is 5.10 Å². The first kappa shape index (κ1) is 21.0. The zero-order chi connectivity index (χ0) is 21.7. The number of hydrogen-bond acceptors (Lipinski definition) is 8. The van der Waals surface area contributed by atoms with Crippen molar-refractivity contribution in [2.45, 2.75) is 27.7 Å². The van der Waals surface area contributed by atoms with Crippen molar-refractivity contribution >= 4 is 23.3 Å². The van der Waals surface area contributed by atoms with Crippen molar-refractivity contribution in [1.29, 1.82) is 0 Å². The normalized spacial score (nSPS) is 10.7. The summed E-state index contributed by atoms with van der Waals surface area (Å²) in [5.41, 5.74) is 2.03. The number of esters is 1. The highest BCUT2D eigenvalue weighted by Crippen LogP contribution is 2.30. The van der Waals surface area contributed by atoms with E-state index in [0.717, 1.165) is 11.4 Å². The van der Waals surface area contributed by atoms with E-state index in [1.165, 1.54) is 4.52 Å². The Balaban J connectivity index is 1.62. The maximum atomic E-state index is 12.2. The Bertz CT molecular complexity index is 1080. The highest BCUT2D eigenvalue weighted by Gasteiger charge is 2.18. The summed E-state index contributed by atoms with van der Waals surface area (Å²) in [5.74, 6) is -0.0919. The second-order valence-electron chi connectivity index (χ2n) is 6.34. The lowest BCUT2D eigenvalue weighted by Crippen LogP contribution is -2.21. The molecule has 158 valence electrons. The van der Waals surface area contributed by atoms with Crippen LogP contribution in [0.2, 0.25) is 0 Å². The van der Waals surface area contributed by atoms with Crippen LogP contribution in [0.25, 0.3) is 5.78 Å². The van der Waals surface area contributed by atoms with E-state index in [1.54, 1.807) is 18.2 Å². The first-order valence-corrected chi connectivity index (χ1v) is 9.49. The van der Waals surface area contributed by atoms with E-state index in [9.17, 15) is 9.59 Å². The average Bonchev–Trinajstić information content (AvgIpc) is 3.13. The summed E-state index contributed by atoms with van der Waals surface area (Å²) in [4.78, 5) is 32.7. The fourth-order valence-electron chi connectivity index (χ4n) is 2.77. The molecule has 0 aliphatic carbocycles. The first-order chi connectivity index (χ1) is 14.4. The number of nitrogens with one attached hydrogen (secondary N) is 1. The number of amides is 1. The number of carbonyl (C=O) groups excluding carboxylic acids is 2. The van der Waals surface area contributed by atoms with E-state index in [2.05, 4.69) is 20.4 Å². The number of aryl methyl sites for hydroxylation is 2. The smallest absolute Gasteiger partial charge is 0.378 e. The molecule has 1 amide bonds. The van der Waals surface area contributed by atoms with Gasteiger partial charge in [0.2, 0.25) is 0 Å². The van der Waals surface area contributed by atoms with Gasteiger partial charge in [-0.1, -0.05) is 0 Å². The molecule has 10 heteroatoms. The van der Waals surface area contributed by atoms with Crippen LogP contribution in [0.1, 0.15) is 35.9 Å². The standard InChI is InChI=1S/C20H23N5O5/c1-5-28-15-8-7-14(10-16(15)29-6-2)22-17(26)11-30-19(27)18-23-20-21-12(3)9-13(4)25(20)24-18/h7-10H,5-6,11H2,1-4H3,(H,22,26). The minimum absolute atomic E-state index is 0.163. The van der Waals surface area contributed by atoms with Crippen LogP contribution in [0.5, 0.6) is 11.5 Å². The van der Waals surface area contributed by atoms with Crippen molar-refractivity contribution in [2.75, 3.05) is 25.1 Å². The van der Waals surface area contributed by atoms with Crippen LogP contribution in [0.3, 0.4) is 0 Å². The van der Waals surface area contributed by atoms with Gasteiger partial charge in [-0.3, -0.25) is 4.79 Å². The lowest BCUT2D eigenvalue weighted by Gasteiger charge is -2.13. The largest absolute Gasteiger partial charge is 0.490 e. The number of aromatic nitrogens is 4. The number of rotatable bonds is 8. The molecule has 0 aliphatic rings. The molecule has 0 saturated carbocycles. The van der Waals surface area contributed by atoms with Gasteiger partial charge in [-0.2, -0.15) is 4.98 Å². The molecule has 0 unspecified atom stereocenters. The van der Waals surface area contributed by atoms with E-state index in [0.29, 0.717) is 36.2 Å². The number of hydrogen-bond donors (Lipinski definition) is 1. The van der Waals surface area contributed by atoms with Crippen LogP contribution >= 0.6 is 0 Å². The number of nitrogens with zero attached hydrogens (tertiary/aromatic N) is 4. The number of benzene rings is 1. The molecule has 1 aromatic carbocycles. The fraction of sp³-hybridized carbons (Fsp3) is 0.350. The third-order valence-corrected chi connectivity index (χ3v) is 3.96. The molecule has 2 heterocycles. The van der Waals surface area contributed by atoms with Crippen molar-refractivity contribution in [3.05, 3.63) is 41.5 Å². The molecule has 0 aliphatic heterocycles. The molecule has 0 atom stereocenters. The minimum Gasteiger partial charge on any atom is -0.490 e. The van der Waals surface area contributed by atoms with Gasteiger partial charge in [-0.25, -0.2) is 14.3 Å². The zero-order valence-corrected chi connectivity index (χ0v) is 17.3. The summed E-state index contributed by atoms with van der Waals surface area (Å²) in [6.45, 7) is 7.83. The zero-order valence-electron chi connectivity index (χ0n) is 17.3. The maximum Gasteiger partial charge on any atom is 0.378 e. The van der Waals surface area contributed by atoms with Crippen LogP contribution in [0, 0.1) is 13.8 Å². The molecule has 0 fully saturated rings.